The predicted octanol–water partition coefficient (Wildman–Crippen LogP) is 7.45. The lowest BCUT2D eigenvalue weighted by atomic mass is 10.1. The first-order chi connectivity index (χ1) is 21.5. The first kappa shape index (κ1) is 31.5. The molecule has 0 unspecified atom stereocenters. The molecule has 12 heteroatoms. The van der Waals surface area contributed by atoms with Gasteiger partial charge in [0.2, 0.25) is 0 Å². The molecule has 0 saturated carbocycles. The van der Waals surface area contributed by atoms with Crippen molar-refractivity contribution in [1.29, 1.82) is 0 Å². The number of anilines is 1. The van der Waals surface area contributed by atoms with Crippen molar-refractivity contribution < 1.29 is 27.4 Å². The Morgan fingerprint density at radius 1 is 1.00 bits per heavy atom. The number of fused-ring (bicyclic) bond motifs is 1. The molecule has 0 spiro atoms. The number of ether oxygens (including phenoxy) is 2. The Labute approximate surface area is 264 Å². The van der Waals surface area contributed by atoms with Gasteiger partial charge in [0.15, 0.2) is 23.9 Å². The molecule has 0 bridgehead atoms. The number of rotatable bonds is 9. The van der Waals surface area contributed by atoms with Crippen molar-refractivity contribution in [3.63, 3.8) is 0 Å². The van der Waals surface area contributed by atoms with Crippen LogP contribution in [0.3, 0.4) is 0 Å². The summed E-state index contributed by atoms with van der Waals surface area (Å²) in [6.45, 7) is 3.67. The molecule has 230 valence electrons. The monoisotopic (exact) mass is 678 g/mol. The van der Waals surface area contributed by atoms with Crippen molar-refractivity contribution in [1.82, 2.24) is 9.66 Å². The summed E-state index contributed by atoms with van der Waals surface area (Å²) in [5.41, 5.74) is 0.970. The zero-order valence-electron chi connectivity index (χ0n) is 24.1. The number of aryl methyl sites for hydroxylation is 1. The summed E-state index contributed by atoms with van der Waals surface area (Å²) >= 11 is 3.47. The third-order valence-corrected chi connectivity index (χ3v) is 7.34. The second-order valence-corrected chi connectivity index (χ2v) is 10.7. The number of halogens is 4. The fourth-order valence-electron chi connectivity index (χ4n) is 4.45. The lowest BCUT2D eigenvalue weighted by Crippen LogP contribution is -2.21. The molecular weight excluding hydrogens is 653 g/mol. The van der Waals surface area contributed by atoms with E-state index in [0.29, 0.717) is 27.0 Å². The number of amides is 1. The molecule has 0 atom stereocenters. The Kier molecular flexibility index (Phi) is 9.33. The van der Waals surface area contributed by atoms with Crippen molar-refractivity contribution in [3.8, 4) is 22.9 Å². The molecule has 5 aromatic rings. The van der Waals surface area contributed by atoms with Crippen LogP contribution in [0.25, 0.3) is 22.3 Å². The predicted molar refractivity (Wildman–Crippen MR) is 170 cm³/mol. The quantitative estimate of drug-likeness (QED) is 0.163. The molecule has 8 nitrogen and oxygen atoms in total. The second-order valence-electron chi connectivity index (χ2n) is 9.80. The van der Waals surface area contributed by atoms with Gasteiger partial charge in [0.1, 0.15) is 0 Å². The summed E-state index contributed by atoms with van der Waals surface area (Å²) in [4.78, 5) is 30.6. The molecule has 1 heterocycles. The molecule has 1 amide bonds. The van der Waals surface area contributed by atoms with E-state index in [-0.39, 0.29) is 41.6 Å². The van der Waals surface area contributed by atoms with E-state index in [0.717, 1.165) is 22.4 Å². The maximum atomic E-state index is 13.5. The molecule has 0 aliphatic rings. The zero-order chi connectivity index (χ0) is 32.1. The van der Waals surface area contributed by atoms with Crippen LogP contribution in [0.2, 0.25) is 0 Å². The summed E-state index contributed by atoms with van der Waals surface area (Å²) < 4.78 is 53.5. The van der Waals surface area contributed by atoms with E-state index >= 15 is 0 Å². The average Bonchev–Trinajstić information content (AvgIpc) is 3.02. The molecule has 1 N–H and O–H groups in total. The van der Waals surface area contributed by atoms with Gasteiger partial charge in [-0.1, -0.05) is 42.5 Å². The summed E-state index contributed by atoms with van der Waals surface area (Å²) in [5, 5.41) is 7.41. The van der Waals surface area contributed by atoms with E-state index in [2.05, 4.69) is 31.3 Å². The normalized spacial score (nSPS) is 11.6. The Morgan fingerprint density at radius 2 is 1.73 bits per heavy atom. The van der Waals surface area contributed by atoms with Crippen LogP contribution in [-0.2, 0) is 11.0 Å². The largest absolute Gasteiger partial charge is 0.490 e. The fourth-order valence-corrected chi connectivity index (χ4v) is 4.87. The van der Waals surface area contributed by atoms with Crippen LogP contribution in [0.4, 0.5) is 18.9 Å². The topological polar surface area (TPSA) is 94.8 Å². The standard InChI is InChI=1S/C33H26BrF3N4O4/c1-3-44-28-16-22(25(34)17-29(28)45-19-30(42)39-26-13-6-4-9-20(26)2)18-38-41-31(21-10-8-11-23(15-21)33(35,36)37)40-27-14-7-5-12-24(27)32(41)43/h4-18H,3,19H2,1-2H3,(H,39,42). The van der Waals surface area contributed by atoms with Gasteiger partial charge < -0.3 is 14.8 Å². The number of carbonyl (C=O) groups is 1. The molecule has 5 rings (SSSR count). The van der Waals surface area contributed by atoms with Gasteiger partial charge in [-0.25, -0.2) is 4.98 Å². The van der Waals surface area contributed by atoms with Crippen LogP contribution < -0.4 is 20.3 Å². The van der Waals surface area contributed by atoms with E-state index in [9.17, 15) is 22.8 Å². The van der Waals surface area contributed by atoms with Gasteiger partial charge in [0.25, 0.3) is 11.5 Å². The highest BCUT2D eigenvalue weighted by atomic mass is 79.9. The lowest BCUT2D eigenvalue weighted by Gasteiger charge is -2.15. The summed E-state index contributed by atoms with van der Waals surface area (Å²) in [6.07, 6.45) is -3.23. The van der Waals surface area contributed by atoms with Crippen LogP contribution in [-0.4, -0.2) is 35.0 Å². The van der Waals surface area contributed by atoms with E-state index in [1.165, 1.54) is 18.3 Å². The van der Waals surface area contributed by atoms with E-state index in [1.54, 1.807) is 49.4 Å². The van der Waals surface area contributed by atoms with Crippen molar-refractivity contribution in [3.05, 3.63) is 116 Å². The van der Waals surface area contributed by atoms with Gasteiger partial charge in [-0.05, 0) is 77.8 Å². The van der Waals surface area contributed by atoms with Gasteiger partial charge in [-0.2, -0.15) is 22.9 Å². The maximum absolute atomic E-state index is 13.5. The van der Waals surface area contributed by atoms with Crippen LogP contribution in [0.1, 0.15) is 23.6 Å². The minimum atomic E-state index is -4.59. The van der Waals surface area contributed by atoms with Crippen LogP contribution >= 0.6 is 15.9 Å². The van der Waals surface area contributed by atoms with E-state index in [4.69, 9.17) is 9.47 Å². The van der Waals surface area contributed by atoms with Crippen molar-refractivity contribution in [2.45, 2.75) is 20.0 Å². The molecular formula is C33H26BrF3N4O4. The number of hydrogen-bond donors (Lipinski definition) is 1. The lowest BCUT2D eigenvalue weighted by molar-refractivity contribution is -0.137. The Balaban J connectivity index is 1.49. The number of carbonyl (C=O) groups excluding carboxylic acids is 1. The summed E-state index contributed by atoms with van der Waals surface area (Å²) in [6, 6.07) is 21.6. The minimum Gasteiger partial charge on any atom is -0.490 e. The van der Waals surface area contributed by atoms with E-state index < -0.39 is 17.3 Å². The molecule has 0 saturated heterocycles. The van der Waals surface area contributed by atoms with Gasteiger partial charge in [-0.3, -0.25) is 9.59 Å². The summed E-state index contributed by atoms with van der Waals surface area (Å²) in [5.74, 6) is 0.170. The molecule has 45 heavy (non-hydrogen) atoms. The first-order valence-corrected chi connectivity index (χ1v) is 14.5. The van der Waals surface area contributed by atoms with Crippen LogP contribution in [0.5, 0.6) is 11.5 Å². The Morgan fingerprint density at radius 3 is 2.49 bits per heavy atom. The molecule has 0 radical (unpaired) electrons. The fraction of sp³-hybridized carbons (Fsp3) is 0.152. The van der Waals surface area contributed by atoms with Crippen molar-refractivity contribution >= 4 is 44.6 Å². The highest BCUT2D eigenvalue weighted by Crippen LogP contribution is 2.34. The SMILES string of the molecule is CCOc1cc(C=Nn2c(-c3cccc(C(F)(F)F)c3)nc3ccccc3c2=O)c(Br)cc1OCC(=O)Nc1ccccc1C. The molecule has 0 aliphatic heterocycles. The van der Waals surface area contributed by atoms with E-state index in [1.807, 2.05) is 25.1 Å². The molecule has 0 fully saturated rings. The summed E-state index contributed by atoms with van der Waals surface area (Å²) in [7, 11) is 0. The molecule has 0 aliphatic carbocycles. The number of nitrogens with zero attached hydrogens (tertiary/aromatic N) is 3. The number of hydrogen-bond acceptors (Lipinski definition) is 6. The number of alkyl halides is 3. The first-order valence-electron chi connectivity index (χ1n) is 13.7. The highest BCUT2D eigenvalue weighted by Gasteiger charge is 2.31. The third kappa shape index (κ3) is 7.23. The van der Waals surface area contributed by atoms with Crippen LogP contribution in [0, 0.1) is 6.92 Å². The van der Waals surface area contributed by atoms with Crippen LogP contribution in [0.15, 0.2) is 99.3 Å². The Bertz CT molecular complexity index is 1970. The number of nitrogens with one attached hydrogen (secondary N) is 1. The molecule has 1 aromatic heterocycles. The zero-order valence-corrected chi connectivity index (χ0v) is 25.6. The number of benzene rings is 4. The van der Waals surface area contributed by atoms with Gasteiger partial charge in [0, 0.05) is 21.3 Å². The van der Waals surface area contributed by atoms with Gasteiger partial charge >= 0.3 is 6.18 Å². The molecule has 4 aromatic carbocycles. The smallest absolute Gasteiger partial charge is 0.416 e. The second kappa shape index (κ2) is 13.3. The number of aromatic nitrogens is 2. The highest BCUT2D eigenvalue weighted by molar-refractivity contribution is 9.10. The van der Waals surface area contributed by atoms with Crippen molar-refractivity contribution in [2.24, 2.45) is 5.10 Å². The van der Waals surface area contributed by atoms with Gasteiger partial charge in [-0.15, -0.1) is 0 Å². The van der Waals surface area contributed by atoms with Crippen molar-refractivity contribution in [2.75, 3.05) is 18.5 Å². The minimum absolute atomic E-state index is 0.0617. The Hall–Kier alpha value is -4.97. The average molecular weight is 679 g/mol. The number of para-hydroxylation sites is 2. The van der Waals surface area contributed by atoms with Gasteiger partial charge in [0.05, 0.1) is 29.3 Å². The third-order valence-electron chi connectivity index (χ3n) is 6.65. The maximum Gasteiger partial charge on any atom is 0.416 e.